The summed E-state index contributed by atoms with van der Waals surface area (Å²) in [5.41, 5.74) is 0. The SMILES string of the molecule is CCNC1CCC(N(C)CCCN2CCCC2)CC1. The first kappa shape index (κ1) is 15.3. The summed E-state index contributed by atoms with van der Waals surface area (Å²) in [4.78, 5) is 5.26. The molecule has 0 atom stereocenters. The molecule has 0 amide bonds. The Balaban J connectivity index is 1.57. The molecule has 1 aliphatic heterocycles. The van der Waals surface area contributed by atoms with E-state index in [1.165, 1.54) is 71.1 Å². The van der Waals surface area contributed by atoms with Gasteiger partial charge in [-0.05, 0) is 84.7 Å². The predicted octanol–water partition coefficient (Wildman–Crippen LogP) is 2.32. The maximum atomic E-state index is 3.60. The standard InChI is InChI=1S/C16H33N3/c1-3-17-15-7-9-16(10-8-15)18(2)11-6-14-19-12-4-5-13-19/h15-17H,3-14H2,1-2H3. The fourth-order valence-corrected chi connectivity index (χ4v) is 3.74. The Kier molecular flexibility index (Phi) is 6.62. The second kappa shape index (κ2) is 8.23. The number of hydrogen-bond donors (Lipinski definition) is 1. The predicted molar refractivity (Wildman–Crippen MR) is 82.6 cm³/mol. The summed E-state index contributed by atoms with van der Waals surface area (Å²) >= 11 is 0. The van der Waals surface area contributed by atoms with Crippen LogP contribution in [-0.2, 0) is 0 Å². The highest BCUT2D eigenvalue weighted by Crippen LogP contribution is 2.22. The lowest BCUT2D eigenvalue weighted by Crippen LogP contribution is -2.41. The number of likely N-dealkylation sites (tertiary alicyclic amines) is 1. The zero-order valence-electron chi connectivity index (χ0n) is 13.0. The van der Waals surface area contributed by atoms with Gasteiger partial charge in [-0.2, -0.15) is 0 Å². The Bertz CT molecular complexity index is 230. The lowest BCUT2D eigenvalue weighted by Gasteiger charge is -2.35. The Hall–Kier alpha value is -0.120. The molecule has 0 unspecified atom stereocenters. The highest BCUT2D eigenvalue weighted by molar-refractivity contribution is 4.81. The lowest BCUT2D eigenvalue weighted by molar-refractivity contribution is 0.167. The maximum Gasteiger partial charge on any atom is 0.00933 e. The molecule has 3 heteroatoms. The van der Waals surface area contributed by atoms with Crippen molar-refractivity contribution >= 4 is 0 Å². The van der Waals surface area contributed by atoms with E-state index in [9.17, 15) is 0 Å². The molecule has 2 fully saturated rings. The second-order valence-electron chi connectivity index (χ2n) is 6.45. The van der Waals surface area contributed by atoms with Gasteiger partial charge in [-0.3, -0.25) is 0 Å². The number of nitrogens with zero attached hydrogens (tertiary/aromatic N) is 2. The molecule has 2 rings (SSSR count). The van der Waals surface area contributed by atoms with Gasteiger partial charge >= 0.3 is 0 Å². The van der Waals surface area contributed by atoms with Crippen LogP contribution >= 0.6 is 0 Å². The van der Waals surface area contributed by atoms with Crippen LogP contribution in [0.1, 0.15) is 51.9 Å². The third-order valence-corrected chi connectivity index (χ3v) is 5.00. The van der Waals surface area contributed by atoms with E-state index in [-0.39, 0.29) is 0 Å². The molecule has 1 saturated heterocycles. The fraction of sp³-hybridized carbons (Fsp3) is 1.00. The van der Waals surface area contributed by atoms with Crippen molar-refractivity contribution in [1.82, 2.24) is 15.1 Å². The molecule has 1 N–H and O–H groups in total. The Morgan fingerprint density at radius 1 is 1.11 bits per heavy atom. The first-order valence-electron chi connectivity index (χ1n) is 8.45. The van der Waals surface area contributed by atoms with Gasteiger partial charge in [0.1, 0.15) is 0 Å². The third kappa shape index (κ3) is 5.05. The quantitative estimate of drug-likeness (QED) is 0.764. The van der Waals surface area contributed by atoms with Crippen LogP contribution in [0.15, 0.2) is 0 Å². The van der Waals surface area contributed by atoms with E-state index >= 15 is 0 Å². The minimum absolute atomic E-state index is 0.791. The van der Waals surface area contributed by atoms with Gasteiger partial charge in [0.2, 0.25) is 0 Å². The molecule has 1 saturated carbocycles. The van der Waals surface area contributed by atoms with E-state index in [2.05, 4.69) is 29.1 Å². The highest BCUT2D eigenvalue weighted by atomic mass is 15.2. The molecule has 0 aromatic carbocycles. The largest absolute Gasteiger partial charge is 0.314 e. The first-order valence-corrected chi connectivity index (χ1v) is 8.45. The summed E-state index contributed by atoms with van der Waals surface area (Å²) < 4.78 is 0. The van der Waals surface area contributed by atoms with E-state index in [0.717, 1.165) is 18.6 Å². The Morgan fingerprint density at radius 3 is 2.42 bits per heavy atom. The van der Waals surface area contributed by atoms with Gasteiger partial charge in [0.15, 0.2) is 0 Å². The molecule has 1 aliphatic carbocycles. The lowest BCUT2D eigenvalue weighted by atomic mass is 9.90. The van der Waals surface area contributed by atoms with E-state index in [1.807, 2.05) is 0 Å². The minimum atomic E-state index is 0.791. The fourth-order valence-electron chi connectivity index (χ4n) is 3.74. The third-order valence-electron chi connectivity index (χ3n) is 5.00. The van der Waals surface area contributed by atoms with Crippen LogP contribution in [0.5, 0.6) is 0 Å². The number of rotatable bonds is 7. The Labute approximate surface area is 119 Å². The smallest absolute Gasteiger partial charge is 0.00933 e. The van der Waals surface area contributed by atoms with Gasteiger partial charge in [0.25, 0.3) is 0 Å². The average Bonchev–Trinajstić information content (AvgIpc) is 2.93. The van der Waals surface area contributed by atoms with Crippen molar-refractivity contribution in [2.24, 2.45) is 0 Å². The van der Waals surface area contributed by atoms with Gasteiger partial charge in [0.05, 0.1) is 0 Å². The zero-order valence-corrected chi connectivity index (χ0v) is 13.0. The molecule has 2 aliphatic rings. The van der Waals surface area contributed by atoms with E-state index < -0.39 is 0 Å². The molecular formula is C16H33N3. The zero-order chi connectivity index (χ0) is 13.5. The number of hydrogen-bond acceptors (Lipinski definition) is 3. The molecule has 0 spiro atoms. The van der Waals surface area contributed by atoms with Crippen molar-refractivity contribution in [3.63, 3.8) is 0 Å². The van der Waals surface area contributed by atoms with Gasteiger partial charge in [-0.1, -0.05) is 6.92 Å². The molecule has 0 aromatic heterocycles. The summed E-state index contributed by atoms with van der Waals surface area (Å²) in [6.45, 7) is 8.64. The van der Waals surface area contributed by atoms with Crippen molar-refractivity contribution in [2.45, 2.75) is 64.0 Å². The van der Waals surface area contributed by atoms with Gasteiger partial charge < -0.3 is 15.1 Å². The second-order valence-corrected chi connectivity index (χ2v) is 6.45. The average molecular weight is 267 g/mol. The van der Waals surface area contributed by atoms with Gasteiger partial charge in [0, 0.05) is 12.1 Å². The van der Waals surface area contributed by atoms with Crippen molar-refractivity contribution in [3.05, 3.63) is 0 Å². The summed E-state index contributed by atoms with van der Waals surface area (Å²) in [7, 11) is 2.34. The van der Waals surface area contributed by atoms with Crippen molar-refractivity contribution in [2.75, 3.05) is 39.8 Å². The summed E-state index contributed by atoms with van der Waals surface area (Å²) in [6, 6.07) is 1.63. The van der Waals surface area contributed by atoms with Crippen LogP contribution in [0.3, 0.4) is 0 Å². The molecule has 112 valence electrons. The number of nitrogens with one attached hydrogen (secondary N) is 1. The van der Waals surface area contributed by atoms with E-state index in [0.29, 0.717) is 0 Å². The van der Waals surface area contributed by atoms with E-state index in [4.69, 9.17) is 0 Å². The van der Waals surface area contributed by atoms with Crippen LogP contribution in [0.2, 0.25) is 0 Å². The molecule has 0 radical (unpaired) electrons. The molecule has 19 heavy (non-hydrogen) atoms. The molecule has 3 nitrogen and oxygen atoms in total. The minimum Gasteiger partial charge on any atom is -0.314 e. The van der Waals surface area contributed by atoms with E-state index in [1.54, 1.807) is 0 Å². The summed E-state index contributed by atoms with van der Waals surface area (Å²) in [6.07, 6.45) is 9.71. The van der Waals surface area contributed by atoms with Gasteiger partial charge in [-0.15, -0.1) is 0 Å². The van der Waals surface area contributed by atoms with Crippen LogP contribution in [0.25, 0.3) is 0 Å². The molecule has 1 heterocycles. The van der Waals surface area contributed by atoms with Crippen molar-refractivity contribution in [3.8, 4) is 0 Å². The van der Waals surface area contributed by atoms with Crippen LogP contribution < -0.4 is 5.32 Å². The first-order chi connectivity index (χ1) is 9.29. The maximum absolute atomic E-state index is 3.60. The van der Waals surface area contributed by atoms with Crippen LogP contribution in [-0.4, -0.2) is 61.7 Å². The molecule has 0 bridgehead atoms. The summed E-state index contributed by atoms with van der Waals surface area (Å²) in [5, 5.41) is 3.60. The Morgan fingerprint density at radius 2 is 1.79 bits per heavy atom. The van der Waals surface area contributed by atoms with Crippen molar-refractivity contribution in [1.29, 1.82) is 0 Å². The summed E-state index contributed by atoms with van der Waals surface area (Å²) in [5.74, 6) is 0. The normalized spacial score (nSPS) is 29.2. The van der Waals surface area contributed by atoms with Crippen LogP contribution in [0.4, 0.5) is 0 Å². The van der Waals surface area contributed by atoms with Crippen LogP contribution in [0, 0.1) is 0 Å². The van der Waals surface area contributed by atoms with Gasteiger partial charge in [-0.25, -0.2) is 0 Å². The highest BCUT2D eigenvalue weighted by Gasteiger charge is 2.23. The topological polar surface area (TPSA) is 18.5 Å². The van der Waals surface area contributed by atoms with Crippen molar-refractivity contribution < 1.29 is 0 Å². The monoisotopic (exact) mass is 267 g/mol. The molecule has 0 aromatic rings. The molecular weight excluding hydrogens is 234 g/mol.